The SMILES string of the molecule is COc1cccc(-c2nc(CN3CCC(OC)CC3)cs2)c1OC. The standard InChI is InChI=1S/C18H24N2O3S/c1-21-14-7-9-20(10-8-14)11-13-12-24-18(19-13)15-5-4-6-16(22-2)17(15)23-3/h4-6,12,14H,7-11H2,1-3H3. The van der Waals surface area contributed by atoms with Gasteiger partial charge in [0.25, 0.3) is 0 Å². The van der Waals surface area contributed by atoms with Crippen LogP contribution in [0.4, 0.5) is 0 Å². The fraction of sp³-hybridized carbons (Fsp3) is 0.500. The van der Waals surface area contributed by atoms with E-state index in [2.05, 4.69) is 10.3 Å². The van der Waals surface area contributed by atoms with Gasteiger partial charge in [0.05, 0.1) is 31.6 Å². The van der Waals surface area contributed by atoms with Gasteiger partial charge in [0, 0.05) is 32.1 Å². The third kappa shape index (κ3) is 3.71. The summed E-state index contributed by atoms with van der Waals surface area (Å²) in [4.78, 5) is 7.25. The Hall–Kier alpha value is -1.63. The minimum atomic E-state index is 0.410. The number of likely N-dealkylation sites (tertiary alicyclic amines) is 1. The number of nitrogens with zero attached hydrogens (tertiary/aromatic N) is 2. The molecule has 0 aliphatic carbocycles. The van der Waals surface area contributed by atoms with E-state index in [0.717, 1.165) is 60.2 Å². The zero-order chi connectivity index (χ0) is 16.9. The quantitative estimate of drug-likeness (QED) is 0.800. The van der Waals surface area contributed by atoms with Crippen molar-refractivity contribution in [1.82, 2.24) is 9.88 Å². The zero-order valence-corrected chi connectivity index (χ0v) is 15.3. The molecular formula is C18H24N2O3S. The van der Waals surface area contributed by atoms with E-state index in [0.29, 0.717) is 6.10 Å². The van der Waals surface area contributed by atoms with Gasteiger partial charge in [-0.15, -0.1) is 11.3 Å². The summed E-state index contributed by atoms with van der Waals surface area (Å²) in [7, 11) is 5.11. The second-order valence-corrected chi connectivity index (χ2v) is 6.75. The number of methoxy groups -OCH3 is 3. The highest BCUT2D eigenvalue weighted by molar-refractivity contribution is 7.13. The number of hydrogen-bond donors (Lipinski definition) is 0. The Kier molecular flexibility index (Phi) is 5.71. The molecule has 1 aromatic carbocycles. The van der Waals surface area contributed by atoms with Crippen molar-refractivity contribution in [2.75, 3.05) is 34.4 Å². The molecule has 0 radical (unpaired) electrons. The summed E-state index contributed by atoms with van der Waals surface area (Å²) in [5.41, 5.74) is 2.09. The molecule has 130 valence electrons. The molecule has 0 N–H and O–H groups in total. The third-order valence-electron chi connectivity index (χ3n) is 4.44. The van der Waals surface area contributed by atoms with Crippen molar-refractivity contribution in [1.29, 1.82) is 0 Å². The maximum absolute atomic E-state index is 5.52. The van der Waals surface area contributed by atoms with Crippen molar-refractivity contribution in [3.63, 3.8) is 0 Å². The largest absolute Gasteiger partial charge is 0.493 e. The van der Waals surface area contributed by atoms with Gasteiger partial charge in [0.15, 0.2) is 11.5 Å². The van der Waals surface area contributed by atoms with E-state index in [4.69, 9.17) is 19.2 Å². The summed E-state index contributed by atoms with van der Waals surface area (Å²) >= 11 is 1.65. The lowest BCUT2D eigenvalue weighted by Gasteiger charge is -2.30. The zero-order valence-electron chi connectivity index (χ0n) is 14.4. The van der Waals surface area contributed by atoms with Crippen molar-refractivity contribution >= 4 is 11.3 Å². The molecule has 0 spiro atoms. The van der Waals surface area contributed by atoms with Crippen LogP contribution in [0.3, 0.4) is 0 Å². The average Bonchev–Trinajstić information content (AvgIpc) is 3.09. The van der Waals surface area contributed by atoms with Gasteiger partial charge in [-0.2, -0.15) is 0 Å². The summed E-state index contributed by atoms with van der Waals surface area (Å²) in [5.74, 6) is 1.47. The molecule has 0 atom stereocenters. The van der Waals surface area contributed by atoms with Gasteiger partial charge in [-0.1, -0.05) is 6.07 Å². The summed E-state index contributed by atoms with van der Waals surface area (Å²) in [6.45, 7) is 3.01. The van der Waals surface area contributed by atoms with Crippen LogP contribution in [0.1, 0.15) is 18.5 Å². The van der Waals surface area contributed by atoms with Gasteiger partial charge in [-0.05, 0) is 25.0 Å². The fourth-order valence-electron chi connectivity index (χ4n) is 3.09. The van der Waals surface area contributed by atoms with E-state index in [1.165, 1.54) is 0 Å². The number of benzene rings is 1. The Bertz CT molecular complexity index is 666. The first-order valence-corrected chi connectivity index (χ1v) is 9.04. The number of hydrogen-bond acceptors (Lipinski definition) is 6. The summed E-state index contributed by atoms with van der Waals surface area (Å²) in [5, 5.41) is 3.10. The highest BCUT2D eigenvalue weighted by Gasteiger charge is 2.20. The molecule has 1 fully saturated rings. The van der Waals surface area contributed by atoms with Crippen LogP contribution in [-0.4, -0.2) is 50.4 Å². The van der Waals surface area contributed by atoms with E-state index in [9.17, 15) is 0 Å². The topological polar surface area (TPSA) is 43.8 Å². The monoisotopic (exact) mass is 348 g/mol. The number of piperidine rings is 1. The molecule has 1 saturated heterocycles. The molecule has 2 aromatic rings. The van der Waals surface area contributed by atoms with Crippen molar-refractivity contribution < 1.29 is 14.2 Å². The van der Waals surface area contributed by atoms with E-state index >= 15 is 0 Å². The molecule has 1 aliphatic heterocycles. The number of para-hydroxylation sites is 1. The molecule has 0 amide bonds. The molecule has 0 bridgehead atoms. The van der Waals surface area contributed by atoms with E-state index in [-0.39, 0.29) is 0 Å². The van der Waals surface area contributed by atoms with Gasteiger partial charge >= 0.3 is 0 Å². The summed E-state index contributed by atoms with van der Waals surface area (Å²) < 4.78 is 16.3. The molecular weight excluding hydrogens is 324 g/mol. The maximum Gasteiger partial charge on any atom is 0.170 e. The van der Waals surface area contributed by atoms with Crippen molar-refractivity contribution in [3.05, 3.63) is 29.3 Å². The minimum absolute atomic E-state index is 0.410. The van der Waals surface area contributed by atoms with Gasteiger partial charge in [0.2, 0.25) is 0 Å². The van der Waals surface area contributed by atoms with E-state index in [1.54, 1.807) is 32.7 Å². The first-order chi connectivity index (χ1) is 11.7. The van der Waals surface area contributed by atoms with E-state index < -0.39 is 0 Å². The van der Waals surface area contributed by atoms with Crippen LogP contribution in [0.15, 0.2) is 23.6 Å². The van der Waals surface area contributed by atoms with Crippen LogP contribution in [0, 0.1) is 0 Å². The van der Waals surface area contributed by atoms with Crippen LogP contribution in [0.5, 0.6) is 11.5 Å². The Labute approximate surface area is 147 Å². The molecule has 1 aliphatic rings. The Morgan fingerprint density at radius 3 is 2.62 bits per heavy atom. The highest BCUT2D eigenvalue weighted by atomic mass is 32.1. The molecule has 0 saturated carbocycles. The van der Waals surface area contributed by atoms with Crippen LogP contribution < -0.4 is 9.47 Å². The van der Waals surface area contributed by atoms with E-state index in [1.807, 2.05) is 18.2 Å². The normalized spacial score (nSPS) is 16.3. The Morgan fingerprint density at radius 2 is 1.96 bits per heavy atom. The molecule has 0 unspecified atom stereocenters. The van der Waals surface area contributed by atoms with Gasteiger partial charge < -0.3 is 14.2 Å². The predicted octanol–water partition coefficient (Wildman–Crippen LogP) is 3.44. The third-order valence-corrected chi connectivity index (χ3v) is 5.36. The van der Waals surface area contributed by atoms with Crippen LogP contribution in [-0.2, 0) is 11.3 Å². The van der Waals surface area contributed by atoms with Crippen molar-refractivity contribution in [2.24, 2.45) is 0 Å². The lowest BCUT2D eigenvalue weighted by atomic mass is 10.1. The molecule has 24 heavy (non-hydrogen) atoms. The Balaban J connectivity index is 1.72. The maximum atomic E-state index is 5.52. The predicted molar refractivity (Wildman–Crippen MR) is 96.0 cm³/mol. The molecule has 2 heterocycles. The number of aromatic nitrogens is 1. The summed E-state index contributed by atoms with van der Waals surface area (Å²) in [6.07, 6.45) is 2.60. The van der Waals surface area contributed by atoms with Crippen LogP contribution in [0.2, 0.25) is 0 Å². The lowest BCUT2D eigenvalue weighted by molar-refractivity contribution is 0.0386. The smallest absolute Gasteiger partial charge is 0.170 e. The first-order valence-electron chi connectivity index (χ1n) is 8.16. The van der Waals surface area contributed by atoms with Gasteiger partial charge in [0.1, 0.15) is 5.01 Å². The first kappa shape index (κ1) is 17.2. The minimum Gasteiger partial charge on any atom is -0.493 e. The summed E-state index contributed by atoms with van der Waals surface area (Å²) in [6, 6.07) is 5.89. The molecule has 3 rings (SSSR count). The Morgan fingerprint density at radius 1 is 1.17 bits per heavy atom. The van der Waals surface area contributed by atoms with Crippen molar-refractivity contribution in [3.8, 4) is 22.1 Å². The van der Waals surface area contributed by atoms with Gasteiger partial charge in [-0.25, -0.2) is 4.98 Å². The average molecular weight is 348 g/mol. The molecule has 1 aromatic heterocycles. The van der Waals surface area contributed by atoms with Gasteiger partial charge in [-0.3, -0.25) is 4.90 Å². The second kappa shape index (κ2) is 7.96. The van der Waals surface area contributed by atoms with Crippen LogP contribution in [0.25, 0.3) is 10.6 Å². The number of thiazole rings is 1. The number of rotatable bonds is 6. The molecule has 6 heteroatoms. The van der Waals surface area contributed by atoms with Crippen molar-refractivity contribution in [2.45, 2.75) is 25.5 Å². The molecule has 5 nitrogen and oxygen atoms in total. The number of ether oxygens (including phenoxy) is 3. The lowest BCUT2D eigenvalue weighted by Crippen LogP contribution is -2.36. The van der Waals surface area contributed by atoms with Crippen LogP contribution >= 0.6 is 11.3 Å². The highest BCUT2D eigenvalue weighted by Crippen LogP contribution is 2.39. The second-order valence-electron chi connectivity index (χ2n) is 5.90. The fourth-order valence-corrected chi connectivity index (χ4v) is 3.92.